The molecule has 6 heteroatoms. The molecule has 2 rings (SSSR count). The Labute approximate surface area is 105 Å². The molecule has 0 fully saturated rings. The zero-order valence-corrected chi connectivity index (χ0v) is 10.3. The Balaban J connectivity index is 2.20. The topological polar surface area (TPSA) is 101 Å². The van der Waals surface area contributed by atoms with Crippen LogP contribution in [0.2, 0.25) is 0 Å². The number of nitrogen functional groups attached to an aromatic ring is 1. The summed E-state index contributed by atoms with van der Waals surface area (Å²) in [4.78, 5) is 8.25. The smallest absolute Gasteiger partial charge is 0.141 e. The van der Waals surface area contributed by atoms with Crippen LogP contribution >= 0.6 is 0 Å². The summed E-state index contributed by atoms with van der Waals surface area (Å²) in [6.45, 7) is 4.14. The molecule has 0 atom stereocenters. The van der Waals surface area contributed by atoms with E-state index in [0.717, 1.165) is 17.7 Å². The van der Waals surface area contributed by atoms with Gasteiger partial charge in [-0.25, -0.2) is 9.97 Å². The number of nitrogens with two attached hydrogens (primary N) is 1. The van der Waals surface area contributed by atoms with Crippen LogP contribution in [0.15, 0.2) is 16.5 Å². The zero-order chi connectivity index (χ0) is 13.1. The highest BCUT2D eigenvalue weighted by Gasteiger charge is 2.09. The standard InChI is InChI=1S/C12H15N5O/c1-7-3-4-9(18-7)6-15-12-10(5-13)11(14)16-8(2)17-12/h3-5,13H,6H2,1-2H3,(H3,14,15,16,17). The fourth-order valence-corrected chi connectivity index (χ4v) is 1.63. The van der Waals surface area contributed by atoms with E-state index >= 15 is 0 Å². The molecule has 0 bridgehead atoms. The van der Waals surface area contributed by atoms with Crippen molar-refractivity contribution in [1.82, 2.24) is 9.97 Å². The maximum Gasteiger partial charge on any atom is 0.141 e. The zero-order valence-electron chi connectivity index (χ0n) is 10.3. The minimum absolute atomic E-state index is 0.302. The maximum atomic E-state index is 7.33. The molecule has 94 valence electrons. The predicted octanol–water partition coefficient (Wildman–Crippen LogP) is 1.88. The molecule has 0 aliphatic rings. The van der Waals surface area contributed by atoms with Gasteiger partial charge < -0.3 is 20.9 Å². The number of aromatic nitrogens is 2. The van der Waals surface area contributed by atoms with E-state index in [2.05, 4.69) is 15.3 Å². The Morgan fingerprint density at radius 2 is 2.17 bits per heavy atom. The fourth-order valence-electron chi connectivity index (χ4n) is 1.63. The molecule has 0 saturated carbocycles. The molecule has 0 amide bonds. The van der Waals surface area contributed by atoms with Gasteiger partial charge in [0, 0.05) is 6.21 Å². The summed E-state index contributed by atoms with van der Waals surface area (Å²) in [5.74, 6) is 3.08. The average molecular weight is 245 g/mol. The molecule has 2 aromatic rings. The third-order valence-corrected chi connectivity index (χ3v) is 2.46. The van der Waals surface area contributed by atoms with E-state index in [9.17, 15) is 0 Å². The lowest BCUT2D eigenvalue weighted by Crippen LogP contribution is -2.09. The molecule has 2 aromatic heterocycles. The van der Waals surface area contributed by atoms with Crippen molar-refractivity contribution >= 4 is 17.9 Å². The van der Waals surface area contributed by atoms with Gasteiger partial charge in [-0.1, -0.05) is 0 Å². The van der Waals surface area contributed by atoms with Gasteiger partial charge in [0.1, 0.15) is 29.0 Å². The molecule has 0 aromatic carbocycles. The summed E-state index contributed by atoms with van der Waals surface area (Å²) in [5, 5.41) is 10.4. The summed E-state index contributed by atoms with van der Waals surface area (Å²) >= 11 is 0. The highest BCUT2D eigenvalue weighted by atomic mass is 16.3. The van der Waals surface area contributed by atoms with E-state index in [1.807, 2.05) is 19.1 Å². The van der Waals surface area contributed by atoms with Crippen LogP contribution < -0.4 is 11.1 Å². The van der Waals surface area contributed by atoms with Crippen LogP contribution in [-0.2, 0) is 6.54 Å². The van der Waals surface area contributed by atoms with E-state index in [0.29, 0.717) is 29.6 Å². The summed E-state index contributed by atoms with van der Waals surface area (Å²) in [7, 11) is 0. The Hall–Kier alpha value is -2.37. The van der Waals surface area contributed by atoms with Crippen molar-refractivity contribution in [1.29, 1.82) is 5.41 Å². The first kappa shape index (κ1) is 12.1. The van der Waals surface area contributed by atoms with Crippen LogP contribution in [0, 0.1) is 19.3 Å². The molecule has 6 nitrogen and oxygen atoms in total. The van der Waals surface area contributed by atoms with E-state index in [-0.39, 0.29) is 0 Å². The van der Waals surface area contributed by atoms with E-state index in [1.54, 1.807) is 6.92 Å². The number of hydrogen-bond donors (Lipinski definition) is 3. The van der Waals surface area contributed by atoms with Crippen LogP contribution in [0.5, 0.6) is 0 Å². The molecule has 0 unspecified atom stereocenters. The molecular weight excluding hydrogens is 230 g/mol. The Morgan fingerprint density at radius 1 is 1.39 bits per heavy atom. The van der Waals surface area contributed by atoms with Gasteiger partial charge >= 0.3 is 0 Å². The highest BCUT2D eigenvalue weighted by Crippen LogP contribution is 2.17. The van der Waals surface area contributed by atoms with Crippen molar-refractivity contribution in [3.8, 4) is 0 Å². The fraction of sp³-hybridized carbons (Fsp3) is 0.250. The molecule has 0 radical (unpaired) electrons. The van der Waals surface area contributed by atoms with E-state index < -0.39 is 0 Å². The van der Waals surface area contributed by atoms with Gasteiger partial charge in [0.15, 0.2) is 0 Å². The molecule has 0 saturated heterocycles. The quantitative estimate of drug-likeness (QED) is 0.714. The first-order valence-electron chi connectivity index (χ1n) is 5.54. The second kappa shape index (κ2) is 4.87. The van der Waals surface area contributed by atoms with Crippen molar-refractivity contribution < 1.29 is 4.42 Å². The number of anilines is 2. The number of rotatable bonds is 4. The highest BCUT2D eigenvalue weighted by molar-refractivity contribution is 5.89. The van der Waals surface area contributed by atoms with Gasteiger partial charge in [-0.05, 0) is 26.0 Å². The second-order valence-electron chi connectivity index (χ2n) is 3.93. The molecule has 0 aliphatic heterocycles. The normalized spacial score (nSPS) is 10.3. The van der Waals surface area contributed by atoms with Crippen LogP contribution in [0.3, 0.4) is 0 Å². The first-order chi connectivity index (χ1) is 8.60. The van der Waals surface area contributed by atoms with Gasteiger partial charge in [0.2, 0.25) is 0 Å². The molecular formula is C12H15N5O. The van der Waals surface area contributed by atoms with Crippen LogP contribution in [-0.4, -0.2) is 16.2 Å². The minimum atomic E-state index is 0.302. The monoisotopic (exact) mass is 245 g/mol. The van der Waals surface area contributed by atoms with Gasteiger partial charge in [-0.3, -0.25) is 0 Å². The first-order valence-corrected chi connectivity index (χ1v) is 5.54. The van der Waals surface area contributed by atoms with Gasteiger partial charge in [-0.15, -0.1) is 0 Å². The van der Waals surface area contributed by atoms with Gasteiger partial charge in [0.05, 0.1) is 12.1 Å². The summed E-state index contributed by atoms with van der Waals surface area (Å²) < 4.78 is 5.44. The summed E-state index contributed by atoms with van der Waals surface area (Å²) in [6, 6.07) is 3.79. The Kier molecular flexibility index (Phi) is 3.27. The molecule has 0 spiro atoms. The summed E-state index contributed by atoms with van der Waals surface area (Å²) in [6.07, 6.45) is 1.14. The molecule has 0 aliphatic carbocycles. The molecule has 18 heavy (non-hydrogen) atoms. The van der Waals surface area contributed by atoms with Gasteiger partial charge in [-0.2, -0.15) is 0 Å². The van der Waals surface area contributed by atoms with Crippen LogP contribution in [0.25, 0.3) is 0 Å². The Bertz CT molecular complexity index is 576. The number of aryl methyl sites for hydroxylation is 2. The van der Waals surface area contributed by atoms with Crippen molar-refractivity contribution in [3.05, 3.63) is 35.0 Å². The van der Waals surface area contributed by atoms with Crippen molar-refractivity contribution in [2.75, 3.05) is 11.1 Å². The van der Waals surface area contributed by atoms with Crippen LogP contribution in [0.4, 0.5) is 11.6 Å². The maximum absolute atomic E-state index is 7.33. The number of nitrogens with one attached hydrogen (secondary N) is 2. The van der Waals surface area contributed by atoms with Gasteiger partial charge in [0.25, 0.3) is 0 Å². The number of hydrogen-bond acceptors (Lipinski definition) is 6. The lowest BCUT2D eigenvalue weighted by atomic mass is 10.3. The largest absolute Gasteiger partial charge is 0.465 e. The lowest BCUT2D eigenvalue weighted by molar-refractivity contribution is 0.490. The predicted molar refractivity (Wildman–Crippen MR) is 69.8 cm³/mol. The second-order valence-corrected chi connectivity index (χ2v) is 3.93. The lowest BCUT2D eigenvalue weighted by Gasteiger charge is -2.09. The third-order valence-electron chi connectivity index (χ3n) is 2.46. The molecule has 4 N–H and O–H groups in total. The van der Waals surface area contributed by atoms with E-state index in [4.69, 9.17) is 15.6 Å². The van der Waals surface area contributed by atoms with E-state index in [1.165, 1.54) is 0 Å². The third kappa shape index (κ3) is 2.48. The summed E-state index contributed by atoms with van der Waals surface area (Å²) in [5.41, 5.74) is 6.23. The minimum Gasteiger partial charge on any atom is -0.465 e. The van der Waals surface area contributed by atoms with Crippen molar-refractivity contribution in [2.24, 2.45) is 0 Å². The van der Waals surface area contributed by atoms with Crippen LogP contribution in [0.1, 0.15) is 22.9 Å². The Morgan fingerprint density at radius 3 is 2.78 bits per heavy atom. The molecule has 2 heterocycles. The van der Waals surface area contributed by atoms with Crippen molar-refractivity contribution in [3.63, 3.8) is 0 Å². The average Bonchev–Trinajstić information content (AvgIpc) is 2.72. The SMILES string of the molecule is Cc1nc(N)c(C=N)c(NCc2ccc(C)o2)n1. The van der Waals surface area contributed by atoms with Crippen molar-refractivity contribution in [2.45, 2.75) is 20.4 Å². The number of nitrogens with zero attached hydrogens (tertiary/aromatic N) is 2. The number of furan rings is 1.